The van der Waals surface area contributed by atoms with E-state index in [0.717, 1.165) is 27.8 Å². The van der Waals surface area contributed by atoms with Gasteiger partial charge in [-0.05, 0) is 41.0 Å². The van der Waals surface area contributed by atoms with E-state index in [1.165, 1.54) is 0 Å². The molecule has 0 N–H and O–H groups in total. The minimum absolute atomic E-state index is 0.262. The Hall–Kier alpha value is -2.88. The summed E-state index contributed by atoms with van der Waals surface area (Å²) in [7, 11) is 0. The first-order chi connectivity index (χ1) is 13.1. The number of halogens is 2. The average molecular weight is 392 g/mol. The minimum atomic E-state index is -0.484. The van der Waals surface area contributed by atoms with Crippen molar-refractivity contribution in [3.05, 3.63) is 99.2 Å². The molecule has 0 bridgehead atoms. The van der Waals surface area contributed by atoms with Gasteiger partial charge in [0.05, 0.1) is 5.02 Å². The van der Waals surface area contributed by atoms with E-state index in [2.05, 4.69) is 4.99 Å². The molecule has 1 heterocycles. The lowest BCUT2D eigenvalue weighted by molar-refractivity contribution is -0.129. The van der Waals surface area contributed by atoms with Crippen molar-refractivity contribution in [1.29, 1.82) is 0 Å². The molecule has 3 aromatic rings. The quantitative estimate of drug-likeness (QED) is 0.306. The topological polar surface area (TPSA) is 38.7 Å². The van der Waals surface area contributed by atoms with E-state index in [0.29, 0.717) is 21.5 Å². The van der Waals surface area contributed by atoms with E-state index in [9.17, 15) is 4.79 Å². The van der Waals surface area contributed by atoms with Crippen LogP contribution in [0.1, 0.15) is 16.7 Å². The summed E-state index contributed by atoms with van der Waals surface area (Å²) in [6, 6.07) is 20.6. The molecule has 0 aromatic heterocycles. The summed E-state index contributed by atoms with van der Waals surface area (Å²) in [5.41, 5.74) is 5.19. The van der Waals surface area contributed by atoms with Crippen LogP contribution in [0.3, 0.4) is 0 Å². The first-order valence-corrected chi connectivity index (χ1v) is 9.09. The molecule has 0 spiro atoms. The van der Waals surface area contributed by atoms with Crippen LogP contribution in [-0.2, 0) is 9.53 Å². The van der Waals surface area contributed by atoms with Gasteiger partial charge in [-0.25, -0.2) is 9.79 Å². The molecule has 130 valence electrons. The van der Waals surface area contributed by atoms with Gasteiger partial charge in [-0.2, -0.15) is 0 Å². The molecule has 3 nitrogen and oxygen atoms in total. The van der Waals surface area contributed by atoms with E-state index < -0.39 is 5.97 Å². The maximum atomic E-state index is 12.7. The van der Waals surface area contributed by atoms with Crippen LogP contribution in [0.15, 0.2) is 77.4 Å². The highest BCUT2D eigenvalue weighted by molar-refractivity contribution is 6.38. The lowest BCUT2D eigenvalue weighted by atomic mass is 10.0. The fourth-order valence-corrected chi connectivity index (χ4v) is 4.13. The summed E-state index contributed by atoms with van der Waals surface area (Å²) in [4.78, 5) is 17.2. The van der Waals surface area contributed by atoms with Crippen molar-refractivity contribution in [2.24, 2.45) is 4.99 Å². The maximum Gasteiger partial charge on any atom is 0.364 e. The Bertz CT molecular complexity index is 1180. The van der Waals surface area contributed by atoms with Crippen molar-refractivity contribution in [3.63, 3.8) is 0 Å². The summed E-state index contributed by atoms with van der Waals surface area (Å²) in [5, 5.41) is 1.04. The normalized spacial score (nSPS) is 17.4. The van der Waals surface area contributed by atoms with Crippen LogP contribution in [0.25, 0.3) is 16.7 Å². The molecule has 0 radical (unpaired) electrons. The van der Waals surface area contributed by atoms with Gasteiger partial charge in [-0.1, -0.05) is 65.7 Å². The third-order valence-electron chi connectivity index (χ3n) is 4.64. The van der Waals surface area contributed by atoms with Gasteiger partial charge in [0.2, 0.25) is 5.90 Å². The van der Waals surface area contributed by atoms with Crippen LogP contribution < -0.4 is 0 Å². The first-order valence-electron chi connectivity index (χ1n) is 8.33. The fraction of sp³-hybridized carbons (Fsp3) is 0. The molecule has 2 aliphatic rings. The van der Waals surface area contributed by atoms with Crippen LogP contribution in [0.2, 0.25) is 10.0 Å². The molecular formula is C22H11Cl2NO2. The summed E-state index contributed by atoms with van der Waals surface area (Å²) < 4.78 is 5.45. The number of benzene rings is 3. The van der Waals surface area contributed by atoms with Crippen LogP contribution in [-0.4, -0.2) is 11.9 Å². The van der Waals surface area contributed by atoms with Crippen molar-refractivity contribution in [2.75, 3.05) is 0 Å². The van der Waals surface area contributed by atoms with Crippen LogP contribution in [0.4, 0.5) is 0 Å². The van der Waals surface area contributed by atoms with Gasteiger partial charge in [-0.3, -0.25) is 0 Å². The van der Waals surface area contributed by atoms with Crippen LogP contribution in [0, 0.1) is 0 Å². The highest BCUT2D eigenvalue weighted by atomic mass is 35.5. The number of esters is 1. The minimum Gasteiger partial charge on any atom is -0.402 e. The molecule has 1 aliphatic carbocycles. The summed E-state index contributed by atoms with van der Waals surface area (Å²) in [6.45, 7) is 0. The predicted molar refractivity (Wildman–Crippen MR) is 107 cm³/mol. The third-order valence-corrected chi connectivity index (χ3v) is 5.16. The number of carbonyl (C=O) groups excluding carboxylic acids is 1. The van der Waals surface area contributed by atoms with E-state index in [1.54, 1.807) is 6.07 Å². The Morgan fingerprint density at radius 2 is 1.52 bits per heavy atom. The molecule has 0 amide bonds. The van der Waals surface area contributed by atoms with Gasteiger partial charge in [-0.15, -0.1) is 0 Å². The van der Waals surface area contributed by atoms with Crippen molar-refractivity contribution >= 4 is 40.6 Å². The van der Waals surface area contributed by atoms with Crippen molar-refractivity contribution in [2.45, 2.75) is 0 Å². The number of ether oxygens (including phenoxy) is 1. The highest BCUT2D eigenvalue weighted by Gasteiger charge is 2.34. The zero-order valence-electron chi connectivity index (χ0n) is 13.9. The molecule has 5 rings (SSSR count). The largest absolute Gasteiger partial charge is 0.402 e. The van der Waals surface area contributed by atoms with Gasteiger partial charge in [0.25, 0.3) is 0 Å². The number of nitrogens with zero attached hydrogens (tertiary/aromatic N) is 1. The van der Waals surface area contributed by atoms with E-state index >= 15 is 0 Å². The average Bonchev–Trinajstić information content (AvgIpc) is 3.20. The third kappa shape index (κ3) is 2.51. The molecular weight excluding hydrogens is 381 g/mol. The number of fused-ring (bicyclic) bond motifs is 3. The van der Waals surface area contributed by atoms with Crippen molar-refractivity contribution in [3.8, 4) is 11.1 Å². The van der Waals surface area contributed by atoms with Crippen LogP contribution >= 0.6 is 23.2 Å². The van der Waals surface area contributed by atoms with Crippen molar-refractivity contribution in [1.82, 2.24) is 0 Å². The molecule has 3 aromatic carbocycles. The summed E-state index contributed by atoms with van der Waals surface area (Å²) >= 11 is 12.7. The number of carbonyl (C=O) groups is 1. The number of hydrogen-bond acceptors (Lipinski definition) is 3. The Kier molecular flexibility index (Phi) is 3.67. The number of aliphatic imine (C=N–C) groups is 1. The number of hydrogen-bond donors (Lipinski definition) is 0. The molecule has 0 atom stereocenters. The van der Waals surface area contributed by atoms with Crippen LogP contribution in [0.5, 0.6) is 0 Å². The Morgan fingerprint density at radius 3 is 2.30 bits per heavy atom. The second-order valence-corrected chi connectivity index (χ2v) is 7.10. The van der Waals surface area contributed by atoms with Gasteiger partial charge in [0.15, 0.2) is 5.70 Å². The van der Waals surface area contributed by atoms with E-state index in [4.69, 9.17) is 27.9 Å². The molecule has 0 saturated heterocycles. The van der Waals surface area contributed by atoms with E-state index in [1.807, 2.05) is 60.7 Å². The Balaban J connectivity index is 1.81. The summed E-state index contributed by atoms with van der Waals surface area (Å²) in [5.74, 6) is -0.190. The monoisotopic (exact) mass is 391 g/mol. The fourth-order valence-electron chi connectivity index (χ4n) is 3.53. The van der Waals surface area contributed by atoms with Gasteiger partial charge in [0, 0.05) is 21.7 Å². The number of cyclic esters (lactones) is 1. The Morgan fingerprint density at radius 1 is 0.815 bits per heavy atom. The SMILES string of the molecule is O=C1OC(c2ccccc2)=NC1=C1c2ccccc2-c2c(Cl)cc(Cl)cc21. The molecule has 5 heteroatoms. The second kappa shape index (κ2) is 6.08. The van der Waals surface area contributed by atoms with Gasteiger partial charge in [0.1, 0.15) is 0 Å². The zero-order chi connectivity index (χ0) is 18.5. The first kappa shape index (κ1) is 16.3. The molecule has 0 saturated carbocycles. The van der Waals surface area contributed by atoms with E-state index in [-0.39, 0.29) is 5.70 Å². The van der Waals surface area contributed by atoms with Gasteiger partial charge < -0.3 is 4.74 Å². The smallest absolute Gasteiger partial charge is 0.364 e. The highest BCUT2D eigenvalue weighted by Crippen LogP contribution is 2.50. The number of rotatable bonds is 1. The molecule has 27 heavy (non-hydrogen) atoms. The lowest BCUT2D eigenvalue weighted by Crippen LogP contribution is -2.05. The molecule has 0 unspecified atom stereocenters. The molecule has 1 aliphatic heterocycles. The molecule has 0 fully saturated rings. The standard InChI is InChI=1S/C22H11Cl2NO2/c23-13-10-16-18(17(24)11-13)14-8-4-5-9-15(14)19(16)20-22(26)27-21(25-20)12-6-2-1-3-7-12/h1-11H. The second-order valence-electron chi connectivity index (χ2n) is 6.25. The zero-order valence-corrected chi connectivity index (χ0v) is 15.4. The summed E-state index contributed by atoms with van der Waals surface area (Å²) in [6.07, 6.45) is 0. The lowest BCUT2D eigenvalue weighted by Gasteiger charge is -2.05. The van der Waals surface area contributed by atoms with Crippen molar-refractivity contribution < 1.29 is 9.53 Å². The predicted octanol–water partition coefficient (Wildman–Crippen LogP) is 5.74. The Labute approximate surface area is 165 Å². The van der Waals surface area contributed by atoms with Gasteiger partial charge >= 0.3 is 5.97 Å². The maximum absolute atomic E-state index is 12.7.